The Hall–Kier alpha value is -6.06. The summed E-state index contributed by atoms with van der Waals surface area (Å²) in [5.74, 6) is -3.52. The van der Waals surface area contributed by atoms with Crippen LogP contribution in [0.15, 0.2) is 128 Å². The molecule has 1 unspecified atom stereocenters. The van der Waals surface area contributed by atoms with Crippen molar-refractivity contribution in [3.8, 4) is 0 Å². The normalized spacial score (nSPS) is 12.9. The molecule has 0 fully saturated rings. The van der Waals surface area contributed by atoms with Gasteiger partial charge in [-0.15, -0.1) is 0 Å². The lowest BCUT2D eigenvalue weighted by Crippen LogP contribution is -2.45. The Morgan fingerprint density at radius 1 is 0.796 bits per heavy atom. The first-order valence-corrected chi connectivity index (χ1v) is 18.3. The molecule has 9 heteroatoms. The molecule has 6 rings (SSSR count). The molecule has 2 amide bonds. The predicted molar refractivity (Wildman–Crippen MR) is 209 cm³/mol. The van der Waals surface area contributed by atoms with Crippen molar-refractivity contribution in [3.05, 3.63) is 155 Å². The van der Waals surface area contributed by atoms with Crippen molar-refractivity contribution in [3.63, 3.8) is 0 Å². The fourth-order valence-corrected chi connectivity index (χ4v) is 6.91. The van der Waals surface area contributed by atoms with Crippen LogP contribution >= 0.6 is 0 Å². The summed E-state index contributed by atoms with van der Waals surface area (Å²) in [5, 5.41) is 17.2. The third-order valence-electron chi connectivity index (χ3n) is 9.84. The van der Waals surface area contributed by atoms with Crippen molar-refractivity contribution in [2.45, 2.75) is 64.3 Å². The SMILES string of the molecule is CCc1ccc2cc(C(O)[C@H](CC(N)=O)C(=O)[C@H](CCCC(=O)OCc3ccccc3)NC(=O)c3cn(Cc4ccccc4)c4ccccc34)ccc2c1. The highest BCUT2D eigenvalue weighted by Gasteiger charge is 2.35. The van der Waals surface area contributed by atoms with Gasteiger partial charge in [-0.1, -0.05) is 116 Å². The Bertz CT molecular complexity index is 2250. The number of aromatic nitrogens is 1. The first-order chi connectivity index (χ1) is 26.2. The van der Waals surface area contributed by atoms with Crippen molar-refractivity contribution in [2.24, 2.45) is 11.7 Å². The number of hydrogen-bond donors (Lipinski definition) is 3. The van der Waals surface area contributed by atoms with E-state index in [2.05, 4.69) is 18.3 Å². The van der Waals surface area contributed by atoms with E-state index in [9.17, 15) is 24.3 Å². The molecule has 0 saturated heterocycles. The number of fused-ring (bicyclic) bond motifs is 2. The minimum Gasteiger partial charge on any atom is -0.461 e. The van der Waals surface area contributed by atoms with Crippen molar-refractivity contribution >= 4 is 45.2 Å². The van der Waals surface area contributed by atoms with Crippen LogP contribution in [0.2, 0.25) is 0 Å². The lowest BCUT2D eigenvalue weighted by Gasteiger charge is -2.27. The van der Waals surface area contributed by atoms with E-state index < -0.39 is 48.1 Å². The molecule has 0 saturated carbocycles. The summed E-state index contributed by atoms with van der Waals surface area (Å²) in [6.07, 6.45) is 1.08. The zero-order valence-electron chi connectivity index (χ0n) is 30.3. The smallest absolute Gasteiger partial charge is 0.306 e. The molecular weight excluding hydrogens is 679 g/mol. The highest BCUT2D eigenvalue weighted by Crippen LogP contribution is 2.31. The maximum absolute atomic E-state index is 14.5. The van der Waals surface area contributed by atoms with E-state index in [1.807, 2.05) is 108 Å². The summed E-state index contributed by atoms with van der Waals surface area (Å²) in [6, 6.07) is 37.1. The average molecular weight is 724 g/mol. The number of nitrogens with zero attached hydrogens (tertiary/aromatic N) is 1. The molecule has 276 valence electrons. The summed E-state index contributed by atoms with van der Waals surface area (Å²) in [4.78, 5) is 53.8. The van der Waals surface area contributed by atoms with Crippen molar-refractivity contribution < 1.29 is 29.0 Å². The van der Waals surface area contributed by atoms with Crippen molar-refractivity contribution in [2.75, 3.05) is 0 Å². The van der Waals surface area contributed by atoms with E-state index in [1.54, 1.807) is 18.3 Å². The number of hydrogen-bond acceptors (Lipinski definition) is 6. The van der Waals surface area contributed by atoms with Crippen LogP contribution in [0.1, 0.15) is 71.3 Å². The summed E-state index contributed by atoms with van der Waals surface area (Å²) in [5.41, 5.74) is 10.4. The van der Waals surface area contributed by atoms with Gasteiger partial charge in [0.15, 0.2) is 5.78 Å². The highest BCUT2D eigenvalue weighted by atomic mass is 16.5. The monoisotopic (exact) mass is 723 g/mol. The number of aliphatic hydroxyl groups excluding tert-OH is 1. The highest BCUT2D eigenvalue weighted by molar-refractivity contribution is 6.08. The summed E-state index contributed by atoms with van der Waals surface area (Å²) in [7, 11) is 0. The molecule has 9 nitrogen and oxygen atoms in total. The van der Waals surface area contributed by atoms with Crippen LogP contribution in [0.25, 0.3) is 21.7 Å². The number of ether oxygens (including phenoxy) is 1. The summed E-state index contributed by atoms with van der Waals surface area (Å²) < 4.78 is 7.44. The van der Waals surface area contributed by atoms with Gasteiger partial charge in [0.1, 0.15) is 6.61 Å². The quantitative estimate of drug-likeness (QED) is 0.0850. The van der Waals surface area contributed by atoms with E-state index in [0.717, 1.165) is 33.8 Å². The van der Waals surface area contributed by atoms with Gasteiger partial charge in [-0.05, 0) is 64.4 Å². The Morgan fingerprint density at radius 2 is 1.46 bits per heavy atom. The second-order valence-corrected chi connectivity index (χ2v) is 13.7. The van der Waals surface area contributed by atoms with Crippen LogP contribution in [0.4, 0.5) is 0 Å². The maximum atomic E-state index is 14.5. The molecule has 0 aliphatic heterocycles. The third kappa shape index (κ3) is 9.29. The lowest BCUT2D eigenvalue weighted by molar-refractivity contribution is -0.145. The Labute approximate surface area is 314 Å². The molecule has 0 bridgehead atoms. The summed E-state index contributed by atoms with van der Waals surface area (Å²) >= 11 is 0. The predicted octanol–water partition coefficient (Wildman–Crippen LogP) is 7.21. The Balaban J connectivity index is 1.26. The second-order valence-electron chi connectivity index (χ2n) is 13.7. The Morgan fingerprint density at radius 3 is 2.19 bits per heavy atom. The van der Waals surface area contributed by atoms with E-state index in [4.69, 9.17) is 10.5 Å². The number of nitrogens with two attached hydrogens (primary N) is 1. The third-order valence-corrected chi connectivity index (χ3v) is 9.84. The van der Waals surface area contributed by atoms with Crippen LogP contribution < -0.4 is 11.1 Å². The second kappa shape index (κ2) is 17.6. The molecule has 3 atom stereocenters. The van der Waals surface area contributed by atoms with E-state index in [-0.39, 0.29) is 25.9 Å². The zero-order valence-corrected chi connectivity index (χ0v) is 30.3. The van der Waals surface area contributed by atoms with Gasteiger partial charge >= 0.3 is 5.97 Å². The first-order valence-electron chi connectivity index (χ1n) is 18.3. The molecule has 0 spiro atoms. The molecule has 0 aliphatic rings. The average Bonchev–Trinajstić information content (AvgIpc) is 3.56. The number of esters is 1. The van der Waals surface area contributed by atoms with Crippen LogP contribution in [0, 0.1) is 5.92 Å². The molecule has 0 aliphatic carbocycles. The van der Waals surface area contributed by atoms with Gasteiger partial charge < -0.3 is 25.5 Å². The number of nitrogens with one attached hydrogen (secondary N) is 1. The van der Waals surface area contributed by atoms with E-state index in [0.29, 0.717) is 23.1 Å². The number of primary amides is 1. The number of benzene rings is 5. The van der Waals surface area contributed by atoms with Crippen LogP contribution in [0.3, 0.4) is 0 Å². The molecule has 4 N–H and O–H groups in total. The van der Waals surface area contributed by atoms with Gasteiger partial charge in [-0.25, -0.2) is 0 Å². The minimum absolute atomic E-state index is 0.00364. The van der Waals surface area contributed by atoms with Crippen molar-refractivity contribution in [1.29, 1.82) is 0 Å². The lowest BCUT2D eigenvalue weighted by atomic mass is 9.84. The Kier molecular flexibility index (Phi) is 12.3. The molecule has 54 heavy (non-hydrogen) atoms. The number of rotatable bonds is 17. The number of aryl methyl sites for hydroxylation is 1. The van der Waals surface area contributed by atoms with Gasteiger partial charge in [0.2, 0.25) is 5.91 Å². The maximum Gasteiger partial charge on any atom is 0.306 e. The molecule has 6 aromatic rings. The van der Waals surface area contributed by atoms with E-state index >= 15 is 0 Å². The number of carbonyl (C=O) groups is 4. The van der Waals surface area contributed by atoms with Gasteiger partial charge in [0.25, 0.3) is 5.91 Å². The fourth-order valence-electron chi connectivity index (χ4n) is 6.91. The van der Waals surface area contributed by atoms with Gasteiger partial charge in [0, 0.05) is 36.5 Å². The molecular formula is C45H45N3O6. The van der Waals surface area contributed by atoms with Gasteiger partial charge in [0.05, 0.1) is 23.6 Å². The van der Waals surface area contributed by atoms with Gasteiger partial charge in [-0.2, -0.15) is 0 Å². The number of aliphatic hydroxyl groups is 1. The standard InChI is InChI=1S/C45H45N3O6/c1-2-30-20-21-34-25-35(23-22-33(34)24-30)43(51)37(26-41(46)49)44(52)39(17-11-19-42(50)54-29-32-14-7-4-8-15-32)47-45(53)38-28-48(27-31-12-5-3-6-13-31)40-18-10-9-16-36(38)40/h3-10,12-16,18,20-25,28,37,39,43,51H,2,11,17,19,26-27,29H2,1H3,(H2,46,49)(H,47,53)/t37-,39-,43?/m0/s1. The van der Waals surface area contributed by atoms with E-state index in [1.165, 1.54) is 5.56 Å². The molecule has 1 aromatic heterocycles. The van der Waals surface area contributed by atoms with Crippen LogP contribution in [-0.2, 0) is 38.7 Å². The van der Waals surface area contributed by atoms with Crippen LogP contribution in [0.5, 0.6) is 0 Å². The molecule has 0 radical (unpaired) electrons. The topological polar surface area (TPSA) is 141 Å². The fraction of sp³-hybridized carbons (Fsp3) is 0.244. The van der Waals surface area contributed by atoms with Crippen LogP contribution in [-0.4, -0.2) is 39.3 Å². The number of Topliss-reactive ketones (excluding diaryl/α,β-unsaturated/α-hetero) is 1. The van der Waals surface area contributed by atoms with Crippen molar-refractivity contribution in [1.82, 2.24) is 9.88 Å². The van der Waals surface area contributed by atoms with Gasteiger partial charge in [-0.3, -0.25) is 19.2 Å². The number of amides is 2. The molecule has 5 aromatic carbocycles. The number of para-hydroxylation sites is 1. The number of ketones is 1. The largest absolute Gasteiger partial charge is 0.461 e. The minimum atomic E-state index is -1.39. The summed E-state index contributed by atoms with van der Waals surface area (Å²) in [6.45, 7) is 2.72. The molecule has 1 heterocycles. The first kappa shape index (κ1) is 37.7. The zero-order chi connectivity index (χ0) is 38.0. The number of carbonyl (C=O) groups excluding carboxylic acids is 4.